The second kappa shape index (κ2) is 8.94. The zero-order chi connectivity index (χ0) is 15.7. The summed E-state index contributed by atoms with van der Waals surface area (Å²) in [5.74, 6) is -0.173. The van der Waals surface area contributed by atoms with Crippen molar-refractivity contribution < 1.29 is 13.9 Å². The highest BCUT2D eigenvalue weighted by Gasteiger charge is 2.13. The van der Waals surface area contributed by atoms with Crippen molar-refractivity contribution in [1.29, 1.82) is 0 Å². The average molecular weight is 295 g/mol. The van der Waals surface area contributed by atoms with E-state index < -0.39 is 0 Å². The van der Waals surface area contributed by atoms with Crippen LogP contribution in [0.15, 0.2) is 29.3 Å². The van der Waals surface area contributed by atoms with Gasteiger partial charge in [0.15, 0.2) is 5.96 Å². The third-order valence-corrected chi connectivity index (χ3v) is 3.05. The monoisotopic (exact) mass is 295 g/mol. The number of carbonyl (C=O) groups excluding carboxylic acids is 1. The number of hydrogen-bond donors (Lipinski definition) is 2. The zero-order valence-corrected chi connectivity index (χ0v) is 12.6. The van der Waals surface area contributed by atoms with Gasteiger partial charge in [0, 0.05) is 20.1 Å². The lowest BCUT2D eigenvalue weighted by atomic mass is 10.1. The third-order valence-electron chi connectivity index (χ3n) is 3.05. The van der Waals surface area contributed by atoms with E-state index >= 15 is 0 Å². The Bertz CT molecular complexity index is 492. The van der Waals surface area contributed by atoms with Crippen molar-refractivity contribution in [2.75, 3.05) is 27.2 Å². The van der Waals surface area contributed by atoms with Crippen molar-refractivity contribution in [2.45, 2.75) is 13.3 Å². The van der Waals surface area contributed by atoms with Crippen molar-refractivity contribution >= 4 is 11.9 Å². The molecule has 21 heavy (non-hydrogen) atoms. The number of halogens is 1. The molecule has 116 valence electrons. The van der Waals surface area contributed by atoms with Crippen LogP contribution in [0.4, 0.5) is 4.39 Å². The van der Waals surface area contributed by atoms with Gasteiger partial charge in [0.2, 0.25) is 0 Å². The van der Waals surface area contributed by atoms with Crippen LogP contribution in [0.2, 0.25) is 0 Å². The van der Waals surface area contributed by atoms with E-state index in [1.165, 1.54) is 13.2 Å². The van der Waals surface area contributed by atoms with Gasteiger partial charge in [0.1, 0.15) is 5.82 Å². The molecule has 0 bridgehead atoms. The van der Waals surface area contributed by atoms with Crippen molar-refractivity contribution in [3.63, 3.8) is 0 Å². The van der Waals surface area contributed by atoms with Crippen LogP contribution in [0, 0.1) is 11.7 Å². The molecule has 5 nitrogen and oxygen atoms in total. The van der Waals surface area contributed by atoms with Crippen LogP contribution in [0.1, 0.15) is 12.5 Å². The number of hydrogen-bond acceptors (Lipinski definition) is 3. The van der Waals surface area contributed by atoms with Crippen LogP contribution >= 0.6 is 0 Å². The van der Waals surface area contributed by atoms with E-state index in [0.29, 0.717) is 31.0 Å². The molecule has 1 rings (SSSR count). The summed E-state index contributed by atoms with van der Waals surface area (Å²) < 4.78 is 18.1. The molecule has 0 saturated heterocycles. The highest BCUT2D eigenvalue weighted by molar-refractivity contribution is 5.80. The molecule has 1 aromatic rings. The molecule has 6 heteroatoms. The number of nitrogens with zero attached hydrogens (tertiary/aromatic N) is 1. The minimum Gasteiger partial charge on any atom is -0.469 e. The Morgan fingerprint density at radius 2 is 2.10 bits per heavy atom. The summed E-state index contributed by atoms with van der Waals surface area (Å²) in [7, 11) is 3.00. The van der Waals surface area contributed by atoms with Crippen LogP contribution in [0.3, 0.4) is 0 Å². The van der Waals surface area contributed by atoms with Crippen LogP contribution in [0.25, 0.3) is 0 Å². The minimum atomic E-state index is -0.274. The first-order chi connectivity index (χ1) is 10.1. The van der Waals surface area contributed by atoms with Crippen LogP contribution in [-0.4, -0.2) is 39.2 Å². The summed E-state index contributed by atoms with van der Waals surface area (Å²) in [5, 5.41) is 6.11. The molecule has 0 aromatic heterocycles. The molecule has 0 radical (unpaired) electrons. The zero-order valence-electron chi connectivity index (χ0n) is 12.6. The number of esters is 1. The number of benzene rings is 1. The van der Waals surface area contributed by atoms with Gasteiger partial charge in [-0.05, 0) is 18.1 Å². The fraction of sp³-hybridized carbons (Fsp3) is 0.467. The normalized spacial score (nSPS) is 12.7. The molecular weight excluding hydrogens is 273 g/mol. The lowest BCUT2D eigenvalue weighted by Gasteiger charge is -2.14. The van der Waals surface area contributed by atoms with Crippen LogP contribution in [0.5, 0.6) is 0 Å². The molecule has 0 heterocycles. The first-order valence-electron chi connectivity index (χ1n) is 6.84. The number of carbonyl (C=O) groups is 1. The standard InChI is InChI=1S/C15H22FN3O2/c1-11(14(20)21-3)10-19-15(17-2)18-9-8-12-6-4-5-7-13(12)16/h4-7,11H,8-10H2,1-3H3,(H2,17,18,19). The van der Waals surface area contributed by atoms with Gasteiger partial charge in [-0.25, -0.2) is 4.39 Å². The maximum absolute atomic E-state index is 13.5. The number of nitrogens with one attached hydrogen (secondary N) is 2. The van der Waals surface area contributed by atoms with Gasteiger partial charge < -0.3 is 15.4 Å². The topological polar surface area (TPSA) is 62.7 Å². The molecule has 2 N–H and O–H groups in total. The highest BCUT2D eigenvalue weighted by atomic mass is 19.1. The molecule has 0 aliphatic carbocycles. The smallest absolute Gasteiger partial charge is 0.310 e. The molecule has 1 unspecified atom stereocenters. The molecule has 0 aliphatic rings. The summed E-state index contributed by atoms with van der Waals surface area (Å²) in [6.45, 7) is 2.74. The second-order valence-corrected chi connectivity index (χ2v) is 4.65. The number of aliphatic imine (C=N–C) groups is 1. The van der Waals surface area contributed by atoms with Crippen LogP contribution < -0.4 is 10.6 Å². The molecule has 0 amide bonds. The fourth-order valence-electron chi connectivity index (χ4n) is 1.77. The first kappa shape index (κ1) is 16.9. The van der Waals surface area contributed by atoms with E-state index in [9.17, 15) is 9.18 Å². The molecule has 0 aliphatic heterocycles. The van der Waals surface area contributed by atoms with E-state index in [2.05, 4.69) is 20.4 Å². The molecule has 0 saturated carbocycles. The Hall–Kier alpha value is -2.11. The lowest BCUT2D eigenvalue weighted by molar-refractivity contribution is -0.144. The van der Waals surface area contributed by atoms with Crippen molar-refractivity contribution in [1.82, 2.24) is 10.6 Å². The Labute approximate surface area is 124 Å². The predicted octanol–water partition coefficient (Wildman–Crippen LogP) is 1.34. The van der Waals surface area contributed by atoms with Gasteiger partial charge in [-0.3, -0.25) is 9.79 Å². The Morgan fingerprint density at radius 3 is 2.71 bits per heavy atom. The van der Waals surface area contributed by atoms with E-state index in [1.807, 2.05) is 6.07 Å². The Balaban J connectivity index is 2.35. The van der Waals surface area contributed by atoms with E-state index in [4.69, 9.17) is 0 Å². The summed E-state index contributed by atoms with van der Waals surface area (Å²) in [4.78, 5) is 15.3. The van der Waals surface area contributed by atoms with Crippen molar-refractivity contribution in [2.24, 2.45) is 10.9 Å². The van der Waals surface area contributed by atoms with Gasteiger partial charge in [0.05, 0.1) is 13.0 Å². The average Bonchev–Trinajstić information content (AvgIpc) is 2.51. The van der Waals surface area contributed by atoms with Gasteiger partial charge in [-0.1, -0.05) is 25.1 Å². The van der Waals surface area contributed by atoms with E-state index in [0.717, 1.165) is 0 Å². The summed E-state index contributed by atoms with van der Waals surface area (Å²) >= 11 is 0. The minimum absolute atomic E-state index is 0.207. The molecular formula is C15H22FN3O2. The molecule has 1 aromatic carbocycles. The van der Waals surface area contributed by atoms with E-state index in [-0.39, 0.29) is 17.7 Å². The Morgan fingerprint density at radius 1 is 1.38 bits per heavy atom. The van der Waals surface area contributed by atoms with Gasteiger partial charge in [-0.2, -0.15) is 0 Å². The second-order valence-electron chi connectivity index (χ2n) is 4.65. The van der Waals surface area contributed by atoms with Crippen molar-refractivity contribution in [3.05, 3.63) is 35.6 Å². The number of ether oxygens (including phenoxy) is 1. The molecule has 0 fully saturated rings. The highest BCUT2D eigenvalue weighted by Crippen LogP contribution is 2.06. The number of guanidine groups is 1. The van der Waals surface area contributed by atoms with Crippen LogP contribution in [-0.2, 0) is 16.0 Å². The Kier molecular flexibility index (Phi) is 7.21. The SMILES string of the molecule is CN=C(NCCc1ccccc1F)NCC(C)C(=O)OC. The third kappa shape index (κ3) is 5.81. The quantitative estimate of drug-likeness (QED) is 0.472. The first-order valence-corrected chi connectivity index (χ1v) is 6.84. The summed E-state index contributed by atoms with van der Waals surface area (Å²) in [6.07, 6.45) is 0.555. The maximum Gasteiger partial charge on any atom is 0.310 e. The number of rotatable bonds is 6. The van der Waals surface area contributed by atoms with Crippen molar-refractivity contribution in [3.8, 4) is 0 Å². The number of methoxy groups -OCH3 is 1. The van der Waals surface area contributed by atoms with Gasteiger partial charge in [0.25, 0.3) is 0 Å². The fourth-order valence-corrected chi connectivity index (χ4v) is 1.77. The molecule has 0 spiro atoms. The van der Waals surface area contributed by atoms with Gasteiger partial charge >= 0.3 is 5.97 Å². The summed E-state index contributed by atoms with van der Waals surface area (Å²) in [5.41, 5.74) is 0.656. The predicted molar refractivity (Wildman–Crippen MR) is 80.6 cm³/mol. The van der Waals surface area contributed by atoms with Gasteiger partial charge in [-0.15, -0.1) is 0 Å². The maximum atomic E-state index is 13.5. The van der Waals surface area contributed by atoms with E-state index in [1.54, 1.807) is 26.1 Å². The lowest BCUT2D eigenvalue weighted by Crippen LogP contribution is -2.41. The molecule has 1 atom stereocenters. The largest absolute Gasteiger partial charge is 0.469 e. The summed E-state index contributed by atoms with van der Waals surface area (Å²) in [6, 6.07) is 6.68.